The maximum atomic E-state index is 11.0. The van der Waals surface area contributed by atoms with E-state index in [9.17, 15) is 4.79 Å². The minimum Gasteiger partial charge on any atom is -0.466 e. The molecule has 0 amide bonds. The topological polar surface area (TPSA) is 50.1 Å². The van der Waals surface area contributed by atoms with E-state index in [1.807, 2.05) is 6.08 Å². The quantitative estimate of drug-likeness (QED) is 0.203. The summed E-state index contributed by atoms with van der Waals surface area (Å²) < 4.78 is 4.55. The second-order valence-electron chi connectivity index (χ2n) is 7.46. The average Bonchev–Trinajstić information content (AvgIpc) is 2.52. The first kappa shape index (κ1) is 20.8. The minimum absolute atomic E-state index is 0.0552. The number of hydrogen-bond donors (Lipinski definition) is 0. The van der Waals surface area contributed by atoms with Crippen LogP contribution in [-0.2, 0) is 9.53 Å². The van der Waals surface area contributed by atoms with Gasteiger partial charge in [0.1, 0.15) is 0 Å². The molecule has 1 rings (SSSR count). The van der Waals surface area contributed by atoms with Crippen molar-refractivity contribution in [2.75, 3.05) is 7.11 Å². The molecule has 134 valence electrons. The summed E-state index contributed by atoms with van der Waals surface area (Å²) in [5, 5.41) is 9.16. The van der Waals surface area contributed by atoms with E-state index in [0.29, 0.717) is 12.3 Å². The first-order chi connectivity index (χ1) is 11.3. The van der Waals surface area contributed by atoms with Gasteiger partial charge >= 0.3 is 5.97 Å². The standard InChI is InChI=1S/C20H30ClNO2/c1-19(2)16(12-14-20(3,21)17(19)13-15-22)10-8-6-5-7-9-11-18(23)24-4/h6,8-9,11,16-17H,5,7,10,12-14H2,1-4H3/b8-6+,11-9+/t16-,17-,20-/m0/s1. The van der Waals surface area contributed by atoms with Crippen molar-refractivity contribution in [1.29, 1.82) is 5.26 Å². The highest BCUT2D eigenvalue weighted by atomic mass is 35.5. The number of alkyl halides is 1. The highest BCUT2D eigenvalue weighted by Crippen LogP contribution is 2.54. The van der Waals surface area contributed by atoms with Gasteiger partial charge in [-0.25, -0.2) is 4.79 Å². The highest BCUT2D eigenvalue weighted by Gasteiger charge is 2.49. The Morgan fingerprint density at radius 2 is 1.96 bits per heavy atom. The first-order valence-electron chi connectivity index (χ1n) is 8.71. The van der Waals surface area contributed by atoms with Crippen LogP contribution >= 0.6 is 11.6 Å². The van der Waals surface area contributed by atoms with Gasteiger partial charge in [0.15, 0.2) is 0 Å². The second kappa shape index (κ2) is 9.28. The molecule has 0 aliphatic heterocycles. The number of hydrogen-bond acceptors (Lipinski definition) is 3. The molecule has 0 N–H and O–H groups in total. The van der Waals surface area contributed by atoms with Crippen LogP contribution < -0.4 is 0 Å². The van der Waals surface area contributed by atoms with Gasteiger partial charge in [-0.2, -0.15) is 5.26 Å². The molecular weight excluding hydrogens is 322 g/mol. The molecule has 1 fully saturated rings. The van der Waals surface area contributed by atoms with Crippen molar-refractivity contribution in [1.82, 2.24) is 0 Å². The number of methoxy groups -OCH3 is 1. The van der Waals surface area contributed by atoms with E-state index in [1.54, 1.807) is 0 Å². The fraction of sp³-hybridized carbons (Fsp3) is 0.700. The van der Waals surface area contributed by atoms with E-state index < -0.39 is 0 Å². The smallest absolute Gasteiger partial charge is 0.330 e. The van der Waals surface area contributed by atoms with Crippen LogP contribution in [-0.4, -0.2) is 18.0 Å². The van der Waals surface area contributed by atoms with Gasteiger partial charge in [-0.15, -0.1) is 11.6 Å². The van der Waals surface area contributed by atoms with Crippen LogP contribution in [0.25, 0.3) is 0 Å². The van der Waals surface area contributed by atoms with Crippen LogP contribution in [0.4, 0.5) is 0 Å². The SMILES string of the molecule is COC(=O)/C=C/CC/C=C/C[C@H]1CC[C@](C)(Cl)[C@@H](CC#N)C1(C)C. The second-order valence-corrected chi connectivity index (χ2v) is 8.32. The molecule has 0 heterocycles. The van der Waals surface area contributed by atoms with Gasteiger partial charge in [-0.3, -0.25) is 0 Å². The molecule has 1 aliphatic rings. The molecule has 24 heavy (non-hydrogen) atoms. The number of rotatable bonds is 7. The van der Waals surface area contributed by atoms with Crippen molar-refractivity contribution in [2.45, 2.75) is 64.2 Å². The van der Waals surface area contributed by atoms with Crippen molar-refractivity contribution < 1.29 is 9.53 Å². The van der Waals surface area contributed by atoms with Crippen molar-refractivity contribution in [3.63, 3.8) is 0 Å². The maximum absolute atomic E-state index is 11.0. The fourth-order valence-electron chi connectivity index (χ4n) is 3.87. The predicted molar refractivity (Wildman–Crippen MR) is 98.6 cm³/mol. The van der Waals surface area contributed by atoms with E-state index in [-0.39, 0.29) is 22.2 Å². The minimum atomic E-state index is -0.310. The van der Waals surface area contributed by atoms with Crippen LogP contribution in [0.15, 0.2) is 24.3 Å². The number of halogens is 1. The average molecular weight is 352 g/mol. The summed E-state index contributed by atoms with van der Waals surface area (Å²) in [6, 6.07) is 2.33. The number of carbonyl (C=O) groups excluding carboxylic acids is 1. The number of unbranched alkanes of at least 4 members (excludes halogenated alkanes) is 1. The van der Waals surface area contributed by atoms with Gasteiger partial charge in [0.2, 0.25) is 0 Å². The largest absolute Gasteiger partial charge is 0.466 e. The van der Waals surface area contributed by atoms with Gasteiger partial charge in [0.25, 0.3) is 0 Å². The van der Waals surface area contributed by atoms with Gasteiger partial charge in [-0.05, 0) is 56.3 Å². The summed E-state index contributed by atoms with van der Waals surface area (Å²) >= 11 is 6.71. The molecule has 3 nitrogen and oxygen atoms in total. The summed E-state index contributed by atoms with van der Waals surface area (Å²) in [7, 11) is 1.38. The molecule has 4 heteroatoms. The number of esters is 1. The zero-order valence-electron chi connectivity index (χ0n) is 15.3. The molecular formula is C20H30ClNO2. The van der Waals surface area contributed by atoms with Crippen LogP contribution in [0.2, 0.25) is 0 Å². The lowest BCUT2D eigenvalue weighted by Crippen LogP contribution is -2.48. The number of nitriles is 1. The summed E-state index contributed by atoms with van der Waals surface area (Å²) in [4.78, 5) is 10.7. The summed E-state index contributed by atoms with van der Waals surface area (Å²) in [5.74, 6) is 0.451. The molecule has 1 aliphatic carbocycles. The van der Waals surface area contributed by atoms with Crippen molar-refractivity contribution in [3.8, 4) is 6.07 Å². The number of allylic oxidation sites excluding steroid dienone is 3. The van der Waals surface area contributed by atoms with Crippen molar-refractivity contribution in [2.24, 2.45) is 17.3 Å². The van der Waals surface area contributed by atoms with Crippen molar-refractivity contribution in [3.05, 3.63) is 24.3 Å². The Morgan fingerprint density at radius 3 is 2.58 bits per heavy atom. The van der Waals surface area contributed by atoms with E-state index in [2.05, 4.69) is 43.7 Å². The molecule has 0 aromatic heterocycles. The normalized spacial score (nSPS) is 29.7. The van der Waals surface area contributed by atoms with Crippen LogP contribution in [0, 0.1) is 28.6 Å². The van der Waals surface area contributed by atoms with Gasteiger partial charge in [0.05, 0.1) is 13.2 Å². The Labute approximate surface area is 151 Å². The van der Waals surface area contributed by atoms with E-state index in [4.69, 9.17) is 16.9 Å². The summed E-state index contributed by atoms with van der Waals surface area (Å²) in [5.41, 5.74) is 0.0552. The van der Waals surface area contributed by atoms with Crippen LogP contribution in [0.1, 0.15) is 59.3 Å². The van der Waals surface area contributed by atoms with E-state index in [0.717, 1.165) is 32.1 Å². The van der Waals surface area contributed by atoms with Gasteiger partial charge in [0, 0.05) is 17.4 Å². The van der Waals surface area contributed by atoms with Gasteiger partial charge < -0.3 is 4.74 Å². The highest BCUT2D eigenvalue weighted by molar-refractivity contribution is 6.24. The number of ether oxygens (including phenoxy) is 1. The molecule has 0 bridgehead atoms. The molecule has 3 atom stereocenters. The van der Waals surface area contributed by atoms with E-state index in [1.165, 1.54) is 13.2 Å². The number of carbonyl (C=O) groups is 1. The first-order valence-corrected chi connectivity index (χ1v) is 9.09. The Morgan fingerprint density at radius 1 is 1.29 bits per heavy atom. The summed E-state index contributed by atoms with van der Waals surface area (Å²) in [6.45, 7) is 6.59. The molecule has 0 saturated heterocycles. The van der Waals surface area contributed by atoms with Gasteiger partial charge in [-0.1, -0.05) is 32.1 Å². The monoisotopic (exact) mass is 351 g/mol. The molecule has 0 radical (unpaired) electrons. The predicted octanol–water partition coefficient (Wildman–Crippen LogP) is 5.41. The maximum Gasteiger partial charge on any atom is 0.330 e. The van der Waals surface area contributed by atoms with Crippen molar-refractivity contribution >= 4 is 17.6 Å². The Hall–Kier alpha value is -1.27. The molecule has 1 saturated carbocycles. The lowest BCUT2D eigenvalue weighted by Gasteiger charge is -2.51. The molecule has 0 unspecified atom stereocenters. The third-order valence-corrected chi connectivity index (χ3v) is 5.95. The summed E-state index contributed by atoms with van der Waals surface area (Å²) in [6.07, 6.45) is 13.0. The molecule has 0 aromatic carbocycles. The van der Waals surface area contributed by atoms with Crippen LogP contribution in [0.5, 0.6) is 0 Å². The Balaban J connectivity index is 2.53. The Bertz CT molecular complexity index is 514. The molecule has 0 spiro atoms. The lowest BCUT2D eigenvalue weighted by molar-refractivity contribution is -0.134. The molecule has 0 aromatic rings. The van der Waals surface area contributed by atoms with Crippen LogP contribution in [0.3, 0.4) is 0 Å². The zero-order chi connectivity index (χ0) is 18.2. The fourth-order valence-corrected chi connectivity index (χ4v) is 4.34. The third-order valence-electron chi connectivity index (χ3n) is 5.50. The van der Waals surface area contributed by atoms with E-state index >= 15 is 0 Å². The zero-order valence-corrected chi connectivity index (χ0v) is 16.1. The number of nitrogens with zero attached hydrogens (tertiary/aromatic N) is 1. The Kier molecular flexibility index (Phi) is 8.03. The lowest BCUT2D eigenvalue weighted by atomic mass is 9.56. The third kappa shape index (κ3) is 5.67.